The number of nitrogens with one attached hydrogen (secondary N) is 1. The Balaban J connectivity index is 1.80. The van der Waals surface area contributed by atoms with Crippen LogP contribution in [0, 0.1) is 5.82 Å². The van der Waals surface area contributed by atoms with E-state index < -0.39 is 5.82 Å². The lowest BCUT2D eigenvalue weighted by Gasteiger charge is -2.09. The zero-order chi connectivity index (χ0) is 15.8. The molecule has 0 saturated carbocycles. The van der Waals surface area contributed by atoms with Crippen molar-refractivity contribution in [3.63, 3.8) is 0 Å². The number of halogens is 2. The quantitative estimate of drug-likeness (QED) is 0.622. The molecular weight excluding hydrogens is 333 g/mol. The van der Waals surface area contributed by atoms with Crippen LogP contribution in [-0.2, 0) is 12.8 Å². The van der Waals surface area contributed by atoms with Gasteiger partial charge in [0.05, 0.1) is 10.4 Å². The van der Waals surface area contributed by atoms with Crippen LogP contribution in [0.3, 0.4) is 0 Å². The van der Waals surface area contributed by atoms with Gasteiger partial charge >= 0.3 is 0 Å². The SMILES string of the molecule is Fc1ccc(Nc2ncnc3sc4c(c23)CCCCC4)cc1Cl. The van der Waals surface area contributed by atoms with Crippen LogP contribution >= 0.6 is 22.9 Å². The van der Waals surface area contributed by atoms with Crippen LogP contribution in [0.15, 0.2) is 24.5 Å². The van der Waals surface area contributed by atoms with Gasteiger partial charge in [0.1, 0.15) is 22.8 Å². The van der Waals surface area contributed by atoms with Gasteiger partial charge in [-0.15, -0.1) is 11.3 Å². The largest absolute Gasteiger partial charge is 0.340 e. The molecule has 1 aliphatic carbocycles. The first kappa shape index (κ1) is 14.8. The molecule has 0 saturated heterocycles. The summed E-state index contributed by atoms with van der Waals surface area (Å²) in [7, 11) is 0. The minimum atomic E-state index is -0.422. The number of benzene rings is 1. The molecule has 3 nitrogen and oxygen atoms in total. The van der Waals surface area contributed by atoms with Crippen molar-refractivity contribution < 1.29 is 4.39 Å². The third kappa shape index (κ3) is 2.79. The first-order valence-corrected chi connectivity index (χ1v) is 8.89. The van der Waals surface area contributed by atoms with Crippen LogP contribution in [-0.4, -0.2) is 9.97 Å². The van der Waals surface area contributed by atoms with Gasteiger partial charge in [0.15, 0.2) is 0 Å². The molecule has 0 aliphatic heterocycles. The van der Waals surface area contributed by atoms with Gasteiger partial charge in [-0.2, -0.15) is 0 Å². The number of thiophene rings is 1. The summed E-state index contributed by atoms with van der Waals surface area (Å²) < 4.78 is 13.3. The highest BCUT2D eigenvalue weighted by Gasteiger charge is 2.19. The highest BCUT2D eigenvalue weighted by atomic mass is 35.5. The summed E-state index contributed by atoms with van der Waals surface area (Å²) in [4.78, 5) is 11.3. The zero-order valence-corrected chi connectivity index (χ0v) is 14.0. The van der Waals surface area contributed by atoms with Crippen LogP contribution in [0.1, 0.15) is 29.7 Å². The maximum Gasteiger partial charge on any atom is 0.142 e. The maximum absolute atomic E-state index is 13.3. The van der Waals surface area contributed by atoms with Crippen molar-refractivity contribution >= 4 is 44.7 Å². The summed E-state index contributed by atoms with van der Waals surface area (Å²) in [6.45, 7) is 0. The summed E-state index contributed by atoms with van der Waals surface area (Å²) in [5, 5.41) is 4.48. The summed E-state index contributed by atoms with van der Waals surface area (Å²) in [6, 6.07) is 4.60. The van der Waals surface area contributed by atoms with Crippen molar-refractivity contribution in [1.82, 2.24) is 9.97 Å². The van der Waals surface area contributed by atoms with Gasteiger partial charge in [-0.25, -0.2) is 14.4 Å². The highest BCUT2D eigenvalue weighted by Crippen LogP contribution is 2.38. The molecule has 0 atom stereocenters. The molecule has 4 rings (SSSR count). The molecule has 2 aromatic heterocycles. The molecule has 0 amide bonds. The second kappa shape index (κ2) is 6.06. The van der Waals surface area contributed by atoms with E-state index in [2.05, 4.69) is 15.3 Å². The van der Waals surface area contributed by atoms with E-state index in [1.807, 2.05) is 0 Å². The predicted molar refractivity (Wildman–Crippen MR) is 93.4 cm³/mol. The molecule has 6 heteroatoms. The zero-order valence-electron chi connectivity index (χ0n) is 12.4. The van der Waals surface area contributed by atoms with Crippen molar-refractivity contribution in [3.05, 3.63) is 45.8 Å². The highest BCUT2D eigenvalue weighted by molar-refractivity contribution is 7.18. The molecule has 0 fully saturated rings. The van der Waals surface area contributed by atoms with Crippen molar-refractivity contribution in [1.29, 1.82) is 0 Å². The van der Waals surface area contributed by atoms with Crippen molar-refractivity contribution in [2.24, 2.45) is 0 Å². The Morgan fingerprint density at radius 1 is 1.13 bits per heavy atom. The summed E-state index contributed by atoms with van der Waals surface area (Å²) in [5.41, 5.74) is 2.10. The number of hydrogen-bond donors (Lipinski definition) is 1. The molecule has 23 heavy (non-hydrogen) atoms. The molecule has 0 bridgehead atoms. The Bertz CT molecular complexity index is 878. The molecular formula is C17H15ClFN3S. The second-order valence-corrected chi connectivity index (χ2v) is 7.21. The predicted octanol–water partition coefficient (Wildman–Crippen LogP) is 5.50. The van der Waals surface area contributed by atoms with E-state index in [1.165, 1.54) is 35.8 Å². The number of aromatic nitrogens is 2. The average molecular weight is 348 g/mol. The van der Waals surface area contributed by atoms with Crippen LogP contribution < -0.4 is 5.32 Å². The topological polar surface area (TPSA) is 37.8 Å². The fourth-order valence-electron chi connectivity index (χ4n) is 3.07. The smallest absolute Gasteiger partial charge is 0.142 e. The third-order valence-electron chi connectivity index (χ3n) is 4.18. The van der Waals surface area contributed by atoms with Crippen molar-refractivity contribution in [2.45, 2.75) is 32.1 Å². The van der Waals surface area contributed by atoms with Crippen molar-refractivity contribution in [2.75, 3.05) is 5.32 Å². The molecule has 2 heterocycles. The monoisotopic (exact) mass is 347 g/mol. The maximum atomic E-state index is 13.3. The lowest BCUT2D eigenvalue weighted by atomic mass is 10.1. The molecule has 0 radical (unpaired) electrons. The first-order chi connectivity index (χ1) is 11.2. The van der Waals surface area contributed by atoms with Gasteiger partial charge in [-0.3, -0.25) is 0 Å². The summed E-state index contributed by atoms with van der Waals surface area (Å²) in [5.74, 6) is 0.353. The van der Waals surface area contributed by atoms with Gasteiger partial charge in [-0.1, -0.05) is 18.0 Å². The molecule has 1 aliphatic rings. The third-order valence-corrected chi connectivity index (χ3v) is 5.67. The van der Waals surface area contributed by atoms with Crippen LogP contribution in [0.2, 0.25) is 5.02 Å². The fraction of sp³-hybridized carbons (Fsp3) is 0.294. The number of hydrogen-bond acceptors (Lipinski definition) is 4. The lowest BCUT2D eigenvalue weighted by Crippen LogP contribution is -1.97. The Morgan fingerprint density at radius 3 is 2.87 bits per heavy atom. The molecule has 0 unspecified atom stereocenters. The molecule has 0 spiro atoms. The summed E-state index contributed by atoms with van der Waals surface area (Å²) >= 11 is 7.63. The number of aryl methyl sites for hydroxylation is 2. The van der Waals surface area contributed by atoms with Crippen LogP contribution in [0.5, 0.6) is 0 Å². The lowest BCUT2D eigenvalue weighted by molar-refractivity contribution is 0.628. The van der Waals surface area contributed by atoms with Gasteiger partial charge < -0.3 is 5.32 Å². The van der Waals surface area contributed by atoms with Crippen LogP contribution in [0.25, 0.3) is 10.2 Å². The van der Waals surface area contributed by atoms with E-state index in [0.717, 1.165) is 34.6 Å². The van der Waals surface area contributed by atoms with E-state index in [9.17, 15) is 4.39 Å². The van der Waals surface area contributed by atoms with Gasteiger partial charge in [0, 0.05) is 10.6 Å². The van der Waals surface area contributed by atoms with E-state index >= 15 is 0 Å². The Labute approximate surface area is 142 Å². The second-order valence-electron chi connectivity index (χ2n) is 5.72. The normalized spacial score (nSPS) is 14.5. The number of fused-ring (bicyclic) bond motifs is 3. The van der Waals surface area contributed by atoms with Crippen LogP contribution in [0.4, 0.5) is 15.9 Å². The molecule has 3 aromatic rings. The van der Waals surface area contributed by atoms with E-state index in [1.54, 1.807) is 29.8 Å². The molecule has 1 aromatic carbocycles. The minimum absolute atomic E-state index is 0.101. The van der Waals surface area contributed by atoms with Crippen molar-refractivity contribution in [3.8, 4) is 0 Å². The average Bonchev–Trinajstić information content (AvgIpc) is 2.74. The summed E-state index contributed by atoms with van der Waals surface area (Å²) in [6.07, 6.45) is 7.48. The van der Waals surface area contributed by atoms with Gasteiger partial charge in [0.25, 0.3) is 0 Å². The number of rotatable bonds is 2. The Kier molecular flexibility index (Phi) is 3.91. The van der Waals surface area contributed by atoms with Gasteiger partial charge in [-0.05, 0) is 49.4 Å². The minimum Gasteiger partial charge on any atom is -0.340 e. The van der Waals surface area contributed by atoms with E-state index in [4.69, 9.17) is 11.6 Å². The van der Waals surface area contributed by atoms with E-state index in [0.29, 0.717) is 0 Å². The fourth-order valence-corrected chi connectivity index (χ4v) is 4.48. The van der Waals surface area contributed by atoms with Gasteiger partial charge in [0.2, 0.25) is 0 Å². The number of anilines is 2. The Hall–Kier alpha value is -1.72. The van der Waals surface area contributed by atoms with E-state index in [-0.39, 0.29) is 5.02 Å². The first-order valence-electron chi connectivity index (χ1n) is 7.69. The standard InChI is InChI=1S/C17H15ClFN3S/c18-12-8-10(6-7-13(12)19)22-16-15-11-4-2-1-3-5-14(11)23-17(15)21-9-20-16/h6-9H,1-5H2,(H,20,21,22). The number of nitrogens with zero attached hydrogens (tertiary/aromatic N) is 2. The Morgan fingerprint density at radius 2 is 2.00 bits per heavy atom. The molecule has 1 N–H and O–H groups in total. The molecule has 118 valence electrons.